The first-order valence-corrected chi connectivity index (χ1v) is 9.17. The molecule has 25 heavy (non-hydrogen) atoms. The SMILES string of the molecule is O=C(N1CCCCC1c1nnc(C2CCC2)o1)C(F)(F)C1(O)CCC1. The summed E-state index contributed by atoms with van der Waals surface area (Å²) in [6.45, 7) is 0.219. The Hall–Kier alpha value is -1.57. The average Bonchev–Trinajstić information content (AvgIpc) is 2.99. The summed E-state index contributed by atoms with van der Waals surface area (Å²) in [6.07, 6.45) is 5.53. The van der Waals surface area contributed by atoms with Gasteiger partial charge in [-0.15, -0.1) is 10.2 Å². The first kappa shape index (κ1) is 16.9. The molecular weight excluding hydrogens is 332 g/mol. The van der Waals surface area contributed by atoms with Crippen molar-refractivity contribution >= 4 is 5.91 Å². The molecular formula is C17H23F2N3O3. The number of carbonyl (C=O) groups excluding carboxylic acids is 1. The van der Waals surface area contributed by atoms with E-state index in [1.165, 1.54) is 0 Å². The number of amides is 1. The van der Waals surface area contributed by atoms with Crippen molar-refractivity contribution in [2.75, 3.05) is 6.54 Å². The van der Waals surface area contributed by atoms with Crippen molar-refractivity contribution in [2.45, 2.75) is 81.3 Å². The molecule has 1 atom stereocenters. The van der Waals surface area contributed by atoms with Crippen LogP contribution in [-0.2, 0) is 4.79 Å². The molecule has 2 aliphatic carbocycles. The molecule has 1 amide bonds. The van der Waals surface area contributed by atoms with Gasteiger partial charge in [-0.05, 0) is 51.4 Å². The van der Waals surface area contributed by atoms with Gasteiger partial charge in [0.15, 0.2) is 0 Å². The first-order chi connectivity index (χ1) is 11.9. The molecule has 138 valence electrons. The van der Waals surface area contributed by atoms with Crippen LogP contribution in [0.3, 0.4) is 0 Å². The van der Waals surface area contributed by atoms with Crippen molar-refractivity contribution in [2.24, 2.45) is 0 Å². The summed E-state index contributed by atoms with van der Waals surface area (Å²) in [7, 11) is 0. The number of halogens is 2. The summed E-state index contributed by atoms with van der Waals surface area (Å²) in [5, 5.41) is 18.2. The molecule has 6 nitrogen and oxygen atoms in total. The van der Waals surface area contributed by atoms with Gasteiger partial charge in [0.25, 0.3) is 5.91 Å². The fraction of sp³-hybridized carbons (Fsp3) is 0.824. The Kier molecular flexibility index (Phi) is 4.05. The molecule has 1 saturated heterocycles. The van der Waals surface area contributed by atoms with E-state index in [1.54, 1.807) is 0 Å². The Morgan fingerprint density at radius 3 is 2.44 bits per heavy atom. The van der Waals surface area contributed by atoms with Crippen LogP contribution < -0.4 is 0 Å². The Morgan fingerprint density at radius 1 is 1.12 bits per heavy atom. The zero-order valence-electron chi connectivity index (χ0n) is 14.1. The molecule has 0 bridgehead atoms. The topological polar surface area (TPSA) is 79.5 Å². The van der Waals surface area contributed by atoms with Gasteiger partial charge in [-0.2, -0.15) is 8.78 Å². The third-order valence-corrected chi connectivity index (χ3v) is 5.99. The van der Waals surface area contributed by atoms with Crippen molar-refractivity contribution < 1.29 is 23.1 Å². The molecule has 3 fully saturated rings. The van der Waals surface area contributed by atoms with Crippen LogP contribution in [0.2, 0.25) is 0 Å². The van der Waals surface area contributed by atoms with E-state index in [-0.39, 0.29) is 31.2 Å². The lowest BCUT2D eigenvalue weighted by atomic mass is 9.74. The van der Waals surface area contributed by atoms with Crippen LogP contribution in [0.5, 0.6) is 0 Å². The summed E-state index contributed by atoms with van der Waals surface area (Å²) in [4.78, 5) is 13.7. The zero-order valence-corrected chi connectivity index (χ0v) is 14.1. The highest BCUT2D eigenvalue weighted by atomic mass is 19.3. The predicted octanol–water partition coefficient (Wildman–Crippen LogP) is 2.94. The van der Waals surface area contributed by atoms with E-state index < -0.39 is 23.5 Å². The Labute approximate surface area is 144 Å². The molecule has 1 unspecified atom stereocenters. The van der Waals surface area contributed by atoms with Crippen molar-refractivity contribution in [3.05, 3.63) is 11.8 Å². The van der Waals surface area contributed by atoms with Crippen molar-refractivity contribution in [3.63, 3.8) is 0 Å². The predicted molar refractivity (Wildman–Crippen MR) is 82.9 cm³/mol. The number of nitrogens with zero attached hydrogens (tertiary/aromatic N) is 3. The Balaban J connectivity index is 1.56. The van der Waals surface area contributed by atoms with Crippen molar-refractivity contribution in [3.8, 4) is 0 Å². The zero-order chi connectivity index (χ0) is 17.7. The van der Waals surface area contributed by atoms with Gasteiger partial charge < -0.3 is 14.4 Å². The number of hydrogen-bond donors (Lipinski definition) is 1. The van der Waals surface area contributed by atoms with Crippen molar-refractivity contribution in [1.82, 2.24) is 15.1 Å². The highest BCUT2D eigenvalue weighted by Gasteiger charge is 2.63. The van der Waals surface area contributed by atoms with Crippen LogP contribution in [-0.4, -0.2) is 44.2 Å². The van der Waals surface area contributed by atoms with Crippen LogP contribution in [0, 0.1) is 0 Å². The summed E-state index contributed by atoms with van der Waals surface area (Å²) in [5.41, 5.74) is -2.21. The molecule has 0 spiro atoms. The van der Waals surface area contributed by atoms with Crippen LogP contribution in [0.15, 0.2) is 4.42 Å². The van der Waals surface area contributed by atoms with Gasteiger partial charge in [0.1, 0.15) is 11.6 Å². The molecule has 8 heteroatoms. The number of aliphatic hydroxyl groups is 1. The minimum atomic E-state index is -3.78. The molecule has 1 aliphatic heterocycles. The number of likely N-dealkylation sites (tertiary alicyclic amines) is 1. The maximum absolute atomic E-state index is 14.6. The monoisotopic (exact) mass is 355 g/mol. The van der Waals surface area contributed by atoms with E-state index in [4.69, 9.17) is 4.42 Å². The van der Waals surface area contributed by atoms with E-state index in [9.17, 15) is 18.7 Å². The van der Waals surface area contributed by atoms with E-state index in [0.29, 0.717) is 25.2 Å². The minimum Gasteiger partial charge on any atom is -0.423 e. The molecule has 1 aromatic rings. The van der Waals surface area contributed by atoms with Gasteiger partial charge in [0.05, 0.1) is 0 Å². The highest BCUT2D eigenvalue weighted by molar-refractivity contribution is 5.85. The Bertz CT molecular complexity index is 655. The van der Waals surface area contributed by atoms with Crippen LogP contribution in [0.4, 0.5) is 8.78 Å². The molecule has 0 aromatic carbocycles. The summed E-state index contributed by atoms with van der Waals surface area (Å²) >= 11 is 0. The quantitative estimate of drug-likeness (QED) is 0.898. The number of rotatable bonds is 4. The second-order valence-corrected chi connectivity index (χ2v) is 7.58. The third-order valence-electron chi connectivity index (χ3n) is 5.99. The molecule has 0 radical (unpaired) electrons. The van der Waals surface area contributed by atoms with Gasteiger partial charge in [-0.1, -0.05) is 6.42 Å². The lowest BCUT2D eigenvalue weighted by Gasteiger charge is -2.44. The van der Waals surface area contributed by atoms with Gasteiger partial charge in [-0.3, -0.25) is 4.79 Å². The van der Waals surface area contributed by atoms with Gasteiger partial charge >= 0.3 is 5.92 Å². The van der Waals surface area contributed by atoms with Gasteiger partial charge in [-0.25, -0.2) is 0 Å². The number of alkyl halides is 2. The van der Waals surface area contributed by atoms with Crippen molar-refractivity contribution in [1.29, 1.82) is 0 Å². The number of carbonyl (C=O) groups is 1. The van der Waals surface area contributed by atoms with Crippen LogP contribution in [0.1, 0.15) is 81.5 Å². The molecule has 3 aliphatic rings. The average molecular weight is 355 g/mol. The standard InChI is InChI=1S/C17H23F2N3O3/c18-17(19,16(24)8-4-9-16)15(23)22-10-2-1-7-12(22)14-21-20-13(25-14)11-5-3-6-11/h11-12,24H,1-10H2. The molecule has 2 heterocycles. The highest BCUT2D eigenvalue weighted by Crippen LogP contribution is 2.46. The fourth-order valence-electron chi connectivity index (χ4n) is 3.84. The second kappa shape index (κ2) is 6.00. The number of hydrogen-bond acceptors (Lipinski definition) is 5. The number of aromatic nitrogens is 2. The summed E-state index contributed by atoms with van der Waals surface area (Å²) < 4.78 is 34.9. The third kappa shape index (κ3) is 2.65. The van der Waals surface area contributed by atoms with Crippen LogP contribution in [0.25, 0.3) is 0 Å². The summed E-state index contributed by atoms with van der Waals surface area (Å²) in [5.74, 6) is -4.05. The molecule has 2 saturated carbocycles. The second-order valence-electron chi connectivity index (χ2n) is 7.58. The van der Waals surface area contributed by atoms with E-state index in [1.807, 2.05) is 0 Å². The van der Waals surface area contributed by atoms with Gasteiger partial charge in [0.2, 0.25) is 11.8 Å². The summed E-state index contributed by atoms with van der Waals surface area (Å²) in [6, 6.07) is -0.628. The van der Waals surface area contributed by atoms with E-state index in [2.05, 4.69) is 10.2 Å². The normalized spacial score (nSPS) is 26.8. The lowest BCUT2D eigenvalue weighted by Crippen LogP contribution is -2.62. The molecule has 4 rings (SSSR count). The minimum absolute atomic E-state index is 0.0450. The first-order valence-electron chi connectivity index (χ1n) is 9.17. The number of piperidine rings is 1. The van der Waals surface area contributed by atoms with Gasteiger partial charge in [0, 0.05) is 12.5 Å². The molecule has 1 aromatic heterocycles. The smallest absolute Gasteiger partial charge is 0.352 e. The van der Waals surface area contributed by atoms with E-state index in [0.717, 1.165) is 30.6 Å². The lowest BCUT2D eigenvalue weighted by molar-refractivity contribution is -0.226. The largest absolute Gasteiger partial charge is 0.423 e. The maximum atomic E-state index is 14.6. The maximum Gasteiger partial charge on any atom is 0.352 e. The fourth-order valence-corrected chi connectivity index (χ4v) is 3.84. The van der Waals surface area contributed by atoms with Crippen LogP contribution >= 0.6 is 0 Å². The van der Waals surface area contributed by atoms with E-state index >= 15 is 0 Å². The Morgan fingerprint density at radius 2 is 1.84 bits per heavy atom. The molecule has 1 N–H and O–H groups in total.